The molecule has 14 heavy (non-hydrogen) atoms. The molecule has 0 radical (unpaired) electrons. The van der Waals surface area contributed by atoms with Crippen LogP contribution in [0.4, 0.5) is 0 Å². The summed E-state index contributed by atoms with van der Waals surface area (Å²) in [4.78, 5) is 2.15. The highest BCUT2D eigenvalue weighted by Gasteiger charge is 2.05. The second-order valence-corrected chi connectivity index (χ2v) is 4.59. The average Bonchev–Trinajstić information content (AvgIpc) is 2.47. The second-order valence-electron chi connectivity index (χ2n) is 3.68. The Morgan fingerprint density at radius 2 is 2.14 bits per heavy atom. The number of aromatic hydroxyl groups is 1. The van der Waals surface area contributed by atoms with Gasteiger partial charge in [-0.3, -0.25) is 0 Å². The first-order valence-corrected chi connectivity index (χ1v) is 5.38. The maximum atomic E-state index is 9.32. The zero-order valence-electron chi connectivity index (χ0n) is 8.32. The molecule has 3 heteroatoms. The number of fused-ring (bicyclic) bond motifs is 1. The van der Waals surface area contributed by atoms with Gasteiger partial charge in [0.25, 0.3) is 0 Å². The summed E-state index contributed by atoms with van der Waals surface area (Å²) in [5, 5.41) is 12.7. The fraction of sp³-hybridized carbons (Fsp3) is 0.273. The number of benzene rings is 1. The molecule has 1 N–H and O–H groups in total. The summed E-state index contributed by atoms with van der Waals surface area (Å²) in [7, 11) is 4.12. The van der Waals surface area contributed by atoms with E-state index in [-0.39, 0.29) is 0 Å². The molecule has 0 bridgehead atoms. The molecule has 0 aliphatic carbocycles. The Morgan fingerprint density at radius 1 is 1.36 bits per heavy atom. The van der Waals surface area contributed by atoms with E-state index in [9.17, 15) is 5.11 Å². The Bertz CT molecular complexity index is 447. The predicted octanol–water partition coefficient (Wildman–Crippen LogP) is 2.67. The fourth-order valence-corrected chi connectivity index (χ4v) is 2.52. The van der Waals surface area contributed by atoms with Crippen molar-refractivity contribution in [2.75, 3.05) is 14.1 Å². The lowest BCUT2D eigenvalue weighted by atomic mass is 10.1. The maximum absolute atomic E-state index is 9.32. The lowest BCUT2D eigenvalue weighted by Crippen LogP contribution is -2.09. The number of nitrogens with zero attached hydrogens (tertiary/aromatic N) is 1. The number of phenolic OH excluding ortho intramolecular Hbond substituents is 1. The van der Waals surface area contributed by atoms with Crippen LogP contribution in [0.15, 0.2) is 23.6 Å². The molecular weight excluding hydrogens is 194 g/mol. The molecule has 0 fully saturated rings. The Hall–Kier alpha value is -1.06. The lowest BCUT2D eigenvalue weighted by molar-refractivity contribution is 0.404. The van der Waals surface area contributed by atoms with Crippen LogP contribution < -0.4 is 0 Å². The molecule has 0 aliphatic rings. The lowest BCUT2D eigenvalue weighted by Gasteiger charge is -2.07. The van der Waals surface area contributed by atoms with Crippen molar-refractivity contribution >= 4 is 21.4 Å². The normalized spacial score (nSPS) is 11.4. The number of rotatable bonds is 2. The third-order valence-corrected chi connectivity index (χ3v) is 3.12. The van der Waals surface area contributed by atoms with Gasteiger partial charge in [0.15, 0.2) is 0 Å². The molecule has 1 aromatic heterocycles. The predicted molar refractivity (Wildman–Crippen MR) is 60.9 cm³/mol. The molecule has 0 aliphatic heterocycles. The van der Waals surface area contributed by atoms with Crippen molar-refractivity contribution in [1.29, 1.82) is 0 Å². The zero-order chi connectivity index (χ0) is 10.1. The van der Waals surface area contributed by atoms with Crippen LogP contribution in [0.25, 0.3) is 10.1 Å². The minimum atomic E-state index is 0.343. The zero-order valence-corrected chi connectivity index (χ0v) is 9.14. The van der Waals surface area contributed by atoms with Crippen LogP contribution in [-0.4, -0.2) is 24.1 Å². The van der Waals surface area contributed by atoms with Crippen molar-refractivity contribution in [3.63, 3.8) is 0 Å². The third kappa shape index (κ3) is 1.74. The van der Waals surface area contributed by atoms with E-state index in [4.69, 9.17) is 0 Å². The molecule has 74 valence electrons. The first kappa shape index (κ1) is 9.49. The van der Waals surface area contributed by atoms with Gasteiger partial charge < -0.3 is 10.0 Å². The van der Waals surface area contributed by atoms with Crippen molar-refractivity contribution < 1.29 is 5.11 Å². The minimum Gasteiger partial charge on any atom is -0.508 e. The summed E-state index contributed by atoms with van der Waals surface area (Å²) >= 11 is 1.68. The van der Waals surface area contributed by atoms with E-state index in [2.05, 4.69) is 24.4 Å². The van der Waals surface area contributed by atoms with Crippen molar-refractivity contribution in [3.8, 4) is 5.75 Å². The van der Waals surface area contributed by atoms with E-state index in [1.165, 1.54) is 10.9 Å². The van der Waals surface area contributed by atoms with Gasteiger partial charge in [0, 0.05) is 11.2 Å². The number of phenols is 1. The van der Waals surface area contributed by atoms with Crippen LogP contribution in [0.5, 0.6) is 5.75 Å². The number of hydrogen-bond donors (Lipinski definition) is 1. The van der Waals surface area contributed by atoms with E-state index in [1.807, 2.05) is 12.1 Å². The molecule has 0 spiro atoms. The first-order chi connectivity index (χ1) is 6.66. The van der Waals surface area contributed by atoms with Crippen molar-refractivity contribution in [2.24, 2.45) is 0 Å². The minimum absolute atomic E-state index is 0.343. The Balaban J connectivity index is 2.47. The molecule has 0 saturated heterocycles. The SMILES string of the molecule is CN(C)Cc1csc2cc(O)ccc12. The highest BCUT2D eigenvalue weighted by atomic mass is 32.1. The summed E-state index contributed by atoms with van der Waals surface area (Å²) in [6.07, 6.45) is 0. The fourth-order valence-electron chi connectivity index (χ4n) is 1.54. The van der Waals surface area contributed by atoms with E-state index in [0.717, 1.165) is 11.2 Å². The molecule has 1 aromatic carbocycles. The molecule has 0 atom stereocenters. The molecular formula is C11H13NOS. The maximum Gasteiger partial charge on any atom is 0.117 e. The molecule has 0 unspecified atom stereocenters. The monoisotopic (exact) mass is 207 g/mol. The number of thiophene rings is 1. The van der Waals surface area contributed by atoms with Gasteiger partial charge in [0.05, 0.1) is 0 Å². The van der Waals surface area contributed by atoms with Gasteiger partial charge in [-0.05, 0) is 48.6 Å². The standard InChI is InChI=1S/C11H13NOS/c1-12(2)6-8-7-14-11-5-9(13)3-4-10(8)11/h3-5,7,13H,6H2,1-2H3. The Labute approximate surface area is 87.4 Å². The summed E-state index contributed by atoms with van der Waals surface area (Å²) in [6, 6.07) is 5.55. The van der Waals surface area contributed by atoms with Gasteiger partial charge in [0.1, 0.15) is 5.75 Å². The van der Waals surface area contributed by atoms with Gasteiger partial charge >= 0.3 is 0 Å². The first-order valence-electron chi connectivity index (χ1n) is 4.50. The van der Waals surface area contributed by atoms with Gasteiger partial charge in [-0.2, -0.15) is 0 Å². The highest BCUT2D eigenvalue weighted by Crippen LogP contribution is 2.29. The topological polar surface area (TPSA) is 23.5 Å². The highest BCUT2D eigenvalue weighted by molar-refractivity contribution is 7.17. The van der Waals surface area contributed by atoms with E-state index >= 15 is 0 Å². The van der Waals surface area contributed by atoms with Crippen molar-refractivity contribution in [1.82, 2.24) is 4.90 Å². The van der Waals surface area contributed by atoms with E-state index in [1.54, 1.807) is 17.4 Å². The van der Waals surface area contributed by atoms with Gasteiger partial charge in [0.2, 0.25) is 0 Å². The van der Waals surface area contributed by atoms with E-state index in [0.29, 0.717) is 5.75 Å². The van der Waals surface area contributed by atoms with Crippen LogP contribution in [0, 0.1) is 0 Å². The summed E-state index contributed by atoms with van der Waals surface area (Å²) < 4.78 is 1.15. The summed E-state index contributed by atoms with van der Waals surface area (Å²) in [5.74, 6) is 0.343. The molecule has 2 rings (SSSR count). The van der Waals surface area contributed by atoms with Crippen LogP contribution in [0.1, 0.15) is 5.56 Å². The number of hydrogen-bond acceptors (Lipinski definition) is 3. The van der Waals surface area contributed by atoms with Gasteiger partial charge in [-0.25, -0.2) is 0 Å². The third-order valence-electron chi connectivity index (χ3n) is 2.13. The second kappa shape index (κ2) is 3.59. The van der Waals surface area contributed by atoms with Crippen LogP contribution >= 0.6 is 11.3 Å². The summed E-state index contributed by atoms with van der Waals surface area (Å²) in [5.41, 5.74) is 1.33. The largest absolute Gasteiger partial charge is 0.508 e. The quantitative estimate of drug-likeness (QED) is 0.818. The van der Waals surface area contributed by atoms with Gasteiger partial charge in [-0.15, -0.1) is 11.3 Å². The van der Waals surface area contributed by atoms with Crippen molar-refractivity contribution in [3.05, 3.63) is 29.1 Å². The van der Waals surface area contributed by atoms with Gasteiger partial charge in [-0.1, -0.05) is 0 Å². The molecule has 0 amide bonds. The van der Waals surface area contributed by atoms with Crippen molar-refractivity contribution in [2.45, 2.75) is 6.54 Å². The summed E-state index contributed by atoms with van der Waals surface area (Å²) in [6.45, 7) is 0.949. The molecule has 0 saturated carbocycles. The van der Waals surface area contributed by atoms with Crippen LogP contribution in [0.2, 0.25) is 0 Å². The molecule has 2 nitrogen and oxygen atoms in total. The molecule has 2 aromatic rings. The Morgan fingerprint density at radius 3 is 2.86 bits per heavy atom. The van der Waals surface area contributed by atoms with Crippen LogP contribution in [-0.2, 0) is 6.54 Å². The average molecular weight is 207 g/mol. The molecule has 1 heterocycles. The van der Waals surface area contributed by atoms with Crippen LogP contribution in [0.3, 0.4) is 0 Å². The smallest absolute Gasteiger partial charge is 0.117 e. The van der Waals surface area contributed by atoms with E-state index < -0.39 is 0 Å². The Kier molecular flexibility index (Phi) is 2.44.